The van der Waals surface area contributed by atoms with Crippen LogP contribution in [0.15, 0.2) is 70.1 Å². The SMILES string of the molecule is C[C@@H](Sc1ccc(Cl)cc1)C(=O)OCc1ncc(-c2ccccc2)o1. The van der Waals surface area contributed by atoms with E-state index in [0.717, 1.165) is 10.5 Å². The molecule has 0 bridgehead atoms. The van der Waals surface area contributed by atoms with Crippen LogP contribution in [0.25, 0.3) is 11.3 Å². The maximum Gasteiger partial charge on any atom is 0.319 e. The molecule has 0 spiro atoms. The highest BCUT2D eigenvalue weighted by molar-refractivity contribution is 8.00. The van der Waals surface area contributed by atoms with E-state index in [1.54, 1.807) is 25.3 Å². The molecule has 1 atom stereocenters. The molecular formula is C19H16ClNO3S. The molecule has 0 aliphatic heterocycles. The second kappa shape index (κ2) is 8.23. The molecule has 1 heterocycles. The number of carbonyl (C=O) groups is 1. The molecule has 1 aromatic heterocycles. The van der Waals surface area contributed by atoms with E-state index in [-0.39, 0.29) is 17.8 Å². The normalized spacial score (nSPS) is 11.9. The van der Waals surface area contributed by atoms with E-state index in [4.69, 9.17) is 20.8 Å². The van der Waals surface area contributed by atoms with Crippen LogP contribution in [0.3, 0.4) is 0 Å². The zero-order chi connectivity index (χ0) is 17.6. The van der Waals surface area contributed by atoms with Crippen molar-refractivity contribution in [3.8, 4) is 11.3 Å². The predicted octanol–water partition coefficient (Wildman–Crippen LogP) is 5.22. The van der Waals surface area contributed by atoms with Crippen LogP contribution in [-0.2, 0) is 16.1 Å². The van der Waals surface area contributed by atoms with Gasteiger partial charge in [0.2, 0.25) is 5.89 Å². The van der Waals surface area contributed by atoms with E-state index >= 15 is 0 Å². The molecule has 4 nitrogen and oxygen atoms in total. The van der Waals surface area contributed by atoms with Gasteiger partial charge in [0.15, 0.2) is 12.4 Å². The van der Waals surface area contributed by atoms with Crippen LogP contribution in [0.4, 0.5) is 0 Å². The standard InChI is InChI=1S/C19H16ClNO3S/c1-13(25-16-9-7-15(20)8-10-16)19(22)23-12-18-21-11-17(24-18)14-5-3-2-4-6-14/h2-11,13H,12H2,1H3/t13-/m1/s1. The first-order valence-corrected chi connectivity index (χ1v) is 8.96. The second-order valence-electron chi connectivity index (χ2n) is 5.31. The van der Waals surface area contributed by atoms with E-state index in [1.165, 1.54) is 11.8 Å². The maximum absolute atomic E-state index is 12.1. The Kier molecular flexibility index (Phi) is 5.79. The van der Waals surface area contributed by atoms with E-state index in [9.17, 15) is 4.79 Å². The summed E-state index contributed by atoms with van der Waals surface area (Å²) in [5.41, 5.74) is 0.930. The molecule has 0 fully saturated rings. The number of rotatable bonds is 6. The molecule has 0 aliphatic carbocycles. The second-order valence-corrected chi connectivity index (χ2v) is 7.16. The zero-order valence-electron chi connectivity index (χ0n) is 13.5. The summed E-state index contributed by atoms with van der Waals surface area (Å²) in [4.78, 5) is 17.2. The van der Waals surface area contributed by atoms with Crippen LogP contribution >= 0.6 is 23.4 Å². The first-order valence-electron chi connectivity index (χ1n) is 7.71. The van der Waals surface area contributed by atoms with Crippen LogP contribution in [-0.4, -0.2) is 16.2 Å². The number of benzene rings is 2. The number of hydrogen-bond acceptors (Lipinski definition) is 5. The number of thioether (sulfide) groups is 1. The molecule has 2 aromatic carbocycles. The van der Waals surface area contributed by atoms with Crippen LogP contribution in [0.2, 0.25) is 5.02 Å². The van der Waals surface area contributed by atoms with Gasteiger partial charge < -0.3 is 9.15 Å². The Morgan fingerprint density at radius 3 is 2.64 bits per heavy atom. The summed E-state index contributed by atoms with van der Waals surface area (Å²) in [6.45, 7) is 1.81. The third kappa shape index (κ3) is 4.87. The van der Waals surface area contributed by atoms with Crippen molar-refractivity contribution in [2.75, 3.05) is 0 Å². The van der Waals surface area contributed by atoms with Gasteiger partial charge in [-0.05, 0) is 31.2 Å². The van der Waals surface area contributed by atoms with Gasteiger partial charge in [-0.3, -0.25) is 4.79 Å². The highest BCUT2D eigenvalue weighted by Crippen LogP contribution is 2.26. The van der Waals surface area contributed by atoms with E-state index < -0.39 is 0 Å². The molecule has 0 radical (unpaired) electrons. The molecule has 3 rings (SSSR count). The number of ether oxygens (including phenoxy) is 1. The van der Waals surface area contributed by atoms with E-state index in [2.05, 4.69) is 4.98 Å². The smallest absolute Gasteiger partial charge is 0.319 e. The first-order chi connectivity index (χ1) is 12.1. The molecule has 0 unspecified atom stereocenters. The van der Waals surface area contributed by atoms with Crippen molar-refractivity contribution in [2.24, 2.45) is 0 Å². The Morgan fingerprint density at radius 1 is 1.20 bits per heavy atom. The molecule has 0 aliphatic rings. The fraction of sp³-hybridized carbons (Fsp3) is 0.158. The summed E-state index contributed by atoms with van der Waals surface area (Å²) in [5, 5.41) is 0.322. The third-order valence-corrected chi connectivity index (χ3v) is 4.75. The molecule has 0 saturated heterocycles. The van der Waals surface area contributed by atoms with E-state index in [0.29, 0.717) is 16.7 Å². The van der Waals surface area contributed by atoms with Crippen molar-refractivity contribution in [3.05, 3.63) is 71.7 Å². The molecule has 0 saturated carbocycles. The van der Waals surface area contributed by atoms with Crippen LogP contribution in [0.1, 0.15) is 12.8 Å². The lowest BCUT2D eigenvalue weighted by Crippen LogP contribution is -2.16. The van der Waals surface area contributed by atoms with Crippen molar-refractivity contribution < 1.29 is 13.9 Å². The fourth-order valence-electron chi connectivity index (χ4n) is 2.13. The minimum Gasteiger partial charge on any atom is -0.455 e. The summed E-state index contributed by atoms with van der Waals surface area (Å²) < 4.78 is 10.9. The Morgan fingerprint density at radius 2 is 1.92 bits per heavy atom. The van der Waals surface area contributed by atoms with Crippen molar-refractivity contribution in [1.82, 2.24) is 4.98 Å². The highest BCUT2D eigenvalue weighted by Gasteiger charge is 2.17. The first kappa shape index (κ1) is 17.6. The zero-order valence-corrected chi connectivity index (χ0v) is 15.1. The Balaban J connectivity index is 1.53. The topological polar surface area (TPSA) is 52.3 Å². The molecule has 128 valence electrons. The number of halogens is 1. The quantitative estimate of drug-likeness (QED) is 0.438. The van der Waals surface area contributed by atoms with Crippen LogP contribution in [0, 0.1) is 0 Å². The third-order valence-electron chi connectivity index (χ3n) is 3.41. The number of esters is 1. The number of nitrogens with zero attached hydrogens (tertiary/aromatic N) is 1. The van der Waals surface area contributed by atoms with Crippen LogP contribution in [0.5, 0.6) is 0 Å². The van der Waals surface area contributed by atoms with Gasteiger partial charge in [-0.25, -0.2) is 4.98 Å². The van der Waals surface area contributed by atoms with Crippen LogP contribution < -0.4 is 0 Å². The van der Waals surface area contributed by atoms with Crippen molar-refractivity contribution in [1.29, 1.82) is 0 Å². The Hall–Kier alpha value is -2.24. The fourth-order valence-corrected chi connectivity index (χ4v) is 3.12. The van der Waals surface area contributed by atoms with Gasteiger partial charge in [0.05, 0.1) is 6.20 Å². The Labute approximate surface area is 155 Å². The summed E-state index contributed by atoms with van der Waals surface area (Å²) in [7, 11) is 0. The lowest BCUT2D eigenvalue weighted by atomic mass is 10.2. The Bertz CT molecular complexity index is 833. The summed E-state index contributed by atoms with van der Waals surface area (Å²) in [5.74, 6) is 0.700. The minimum absolute atomic E-state index is 0.0111. The van der Waals surface area contributed by atoms with Gasteiger partial charge in [-0.1, -0.05) is 41.9 Å². The van der Waals surface area contributed by atoms with Gasteiger partial charge >= 0.3 is 5.97 Å². The number of carbonyl (C=O) groups excluding carboxylic acids is 1. The monoisotopic (exact) mass is 373 g/mol. The van der Waals surface area contributed by atoms with Gasteiger partial charge in [0, 0.05) is 15.5 Å². The number of oxazole rings is 1. The van der Waals surface area contributed by atoms with E-state index in [1.807, 2.05) is 42.5 Å². The average Bonchev–Trinajstić information content (AvgIpc) is 3.11. The molecule has 0 N–H and O–H groups in total. The maximum atomic E-state index is 12.1. The van der Waals surface area contributed by atoms with Gasteiger partial charge in [0.25, 0.3) is 0 Å². The minimum atomic E-state index is -0.343. The number of aromatic nitrogens is 1. The molecule has 3 aromatic rings. The summed E-state index contributed by atoms with van der Waals surface area (Å²) in [6, 6.07) is 17.0. The van der Waals surface area contributed by atoms with Crippen molar-refractivity contribution in [3.63, 3.8) is 0 Å². The average molecular weight is 374 g/mol. The summed E-state index contributed by atoms with van der Waals surface area (Å²) >= 11 is 7.27. The lowest BCUT2D eigenvalue weighted by Gasteiger charge is -2.10. The highest BCUT2D eigenvalue weighted by atomic mass is 35.5. The van der Waals surface area contributed by atoms with Gasteiger partial charge in [0.1, 0.15) is 5.25 Å². The number of hydrogen-bond donors (Lipinski definition) is 0. The van der Waals surface area contributed by atoms with Gasteiger partial charge in [-0.15, -0.1) is 11.8 Å². The molecule has 6 heteroatoms. The largest absolute Gasteiger partial charge is 0.455 e. The van der Waals surface area contributed by atoms with Crippen molar-refractivity contribution >= 4 is 29.3 Å². The molecule has 0 amide bonds. The molecular weight excluding hydrogens is 358 g/mol. The molecule has 25 heavy (non-hydrogen) atoms. The lowest BCUT2D eigenvalue weighted by molar-refractivity contribution is -0.144. The predicted molar refractivity (Wildman–Crippen MR) is 98.5 cm³/mol. The summed E-state index contributed by atoms with van der Waals surface area (Å²) in [6.07, 6.45) is 1.63. The van der Waals surface area contributed by atoms with Gasteiger partial charge in [-0.2, -0.15) is 0 Å². The van der Waals surface area contributed by atoms with Crippen molar-refractivity contribution in [2.45, 2.75) is 23.7 Å².